The lowest BCUT2D eigenvalue weighted by Crippen LogP contribution is -2.26. The highest BCUT2D eigenvalue weighted by Crippen LogP contribution is 2.27. The van der Waals surface area contributed by atoms with Gasteiger partial charge in [0, 0.05) is 19.6 Å². The molecule has 1 aromatic heterocycles. The molecule has 0 aromatic carbocycles. The summed E-state index contributed by atoms with van der Waals surface area (Å²) in [7, 11) is 0. The smallest absolute Gasteiger partial charge is 0.128 e. The van der Waals surface area contributed by atoms with Gasteiger partial charge in [-0.15, -0.1) is 0 Å². The first-order valence-electron chi connectivity index (χ1n) is 8.23. The minimum atomic E-state index is 0.742. The van der Waals surface area contributed by atoms with Gasteiger partial charge in [0.05, 0.1) is 10.7 Å². The molecule has 2 rings (SSSR count). The summed E-state index contributed by atoms with van der Waals surface area (Å²) < 4.78 is 0. The Morgan fingerprint density at radius 2 is 2.14 bits per heavy atom. The molecule has 1 atom stereocenters. The van der Waals surface area contributed by atoms with Crippen LogP contribution in [0.25, 0.3) is 0 Å². The van der Waals surface area contributed by atoms with Crippen LogP contribution < -0.4 is 10.2 Å². The molecule has 1 fully saturated rings. The van der Waals surface area contributed by atoms with E-state index in [1.54, 1.807) is 0 Å². The molecular formula is C17H28ClN3. The van der Waals surface area contributed by atoms with Crippen LogP contribution in [-0.2, 0) is 6.54 Å². The largest absolute Gasteiger partial charge is 0.357 e. The van der Waals surface area contributed by atoms with Crippen LogP contribution in [0.2, 0.25) is 5.02 Å². The van der Waals surface area contributed by atoms with E-state index in [0.29, 0.717) is 0 Å². The van der Waals surface area contributed by atoms with E-state index < -0.39 is 0 Å². The number of anilines is 1. The van der Waals surface area contributed by atoms with Crippen LogP contribution in [-0.4, -0.2) is 24.6 Å². The molecule has 21 heavy (non-hydrogen) atoms. The van der Waals surface area contributed by atoms with Crippen molar-refractivity contribution in [2.45, 2.75) is 46.6 Å². The molecule has 1 saturated heterocycles. The van der Waals surface area contributed by atoms with E-state index in [-0.39, 0.29) is 0 Å². The van der Waals surface area contributed by atoms with Crippen LogP contribution in [0.15, 0.2) is 12.1 Å². The first-order valence-corrected chi connectivity index (χ1v) is 8.60. The lowest BCUT2D eigenvalue weighted by molar-refractivity contribution is 0.351. The maximum atomic E-state index is 6.25. The third kappa shape index (κ3) is 4.58. The van der Waals surface area contributed by atoms with Gasteiger partial charge in [-0.3, -0.25) is 0 Å². The molecule has 0 amide bonds. The minimum absolute atomic E-state index is 0.742. The fraction of sp³-hybridized carbons (Fsp3) is 0.706. The molecule has 0 spiro atoms. The molecule has 4 heteroatoms. The second kappa shape index (κ2) is 8.00. The fourth-order valence-electron chi connectivity index (χ4n) is 3.03. The van der Waals surface area contributed by atoms with Gasteiger partial charge in [-0.2, -0.15) is 0 Å². The first-order chi connectivity index (χ1) is 10.1. The van der Waals surface area contributed by atoms with E-state index in [4.69, 9.17) is 16.6 Å². The molecule has 1 aliphatic rings. The zero-order valence-corrected chi connectivity index (χ0v) is 14.3. The van der Waals surface area contributed by atoms with E-state index in [0.717, 1.165) is 54.5 Å². The lowest BCUT2D eigenvalue weighted by Gasteiger charge is -2.23. The second-order valence-electron chi connectivity index (χ2n) is 6.30. The normalized spacial score (nSPS) is 19.9. The van der Waals surface area contributed by atoms with Crippen LogP contribution in [0.1, 0.15) is 45.7 Å². The summed E-state index contributed by atoms with van der Waals surface area (Å²) in [5.74, 6) is 2.72. The standard InChI is InChI=1S/C17H28ClN3/c1-4-19-12-16-15(18)7-8-17(20-16)21-10-5-6-14(9-11-21)13(2)3/h7-8,13-14,19H,4-6,9-12H2,1-3H3. The van der Waals surface area contributed by atoms with Gasteiger partial charge >= 0.3 is 0 Å². The van der Waals surface area contributed by atoms with Crippen molar-refractivity contribution in [1.82, 2.24) is 10.3 Å². The highest BCUT2D eigenvalue weighted by molar-refractivity contribution is 6.31. The third-order valence-electron chi connectivity index (χ3n) is 4.49. The molecule has 1 aromatic rings. The zero-order valence-electron chi connectivity index (χ0n) is 13.5. The summed E-state index contributed by atoms with van der Waals surface area (Å²) in [5, 5.41) is 4.06. The van der Waals surface area contributed by atoms with Crippen molar-refractivity contribution in [2.75, 3.05) is 24.5 Å². The van der Waals surface area contributed by atoms with Crippen molar-refractivity contribution in [3.05, 3.63) is 22.8 Å². The van der Waals surface area contributed by atoms with Gasteiger partial charge in [0.15, 0.2) is 0 Å². The topological polar surface area (TPSA) is 28.2 Å². The molecular weight excluding hydrogens is 282 g/mol. The Balaban J connectivity index is 2.07. The predicted octanol–water partition coefficient (Wildman–Crippen LogP) is 4.11. The number of rotatable bonds is 5. The van der Waals surface area contributed by atoms with E-state index >= 15 is 0 Å². The van der Waals surface area contributed by atoms with Gasteiger partial charge in [0.2, 0.25) is 0 Å². The Morgan fingerprint density at radius 1 is 1.33 bits per heavy atom. The number of halogens is 1. The highest BCUT2D eigenvalue weighted by atomic mass is 35.5. The van der Waals surface area contributed by atoms with Crippen LogP contribution in [0.4, 0.5) is 5.82 Å². The number of hydrogen-bond donors (Lipinski definition) is 1. The number of nitrogens with one attached hydrogen (secondary N) is 1. The van der Waals surface area contributed by atoms with Crippen molar-refractivity contribution in [1.29, 1.82) is 0 Å². The van der Waals surface area contributed by atoms with Crippen LogP contribution in [0.5, 0.6) is 0 Å². The molecule has 0 aliphatic carbocycles. The van der Waals surface area contributed by atoms with Crippen molar-refractivity contribution in [3.63, 3.8) is 0 Å². The molecule has 0 bridgehead atoms. The number of hydrogen-bond acceptors (Lipinski definition) is 3. The van der Waals surface area contributed by atoms with Crippen LogP contribution in [0.3, 0.4) is 0 Å². The molecule has 1 aliphatic heterocycles. The average molecular weight is 310 g/mol. The quantitative estimate of drug-likeness (QED) is 0.887. The zero-order chi connectivity index (χ0) is 15.2. The Kier molecular flexibility index (Phi) is 6.31. The van der Waals surface area contributed by atoms with Crippen molar-refractivity contribution < 1.29 is 0 Å². The summed E-state index contributed by atoms with van der Waals surface area (Å²) in [6.45, 7) is 10.7. The van der Waals surface area contributed by atoms with E-state index in [9.17, 15) is 0 Å². The fourth-order valence-corrected chi connectivity index (χ4v) is 3.21. The van der Waals surface area contributed by atoms with Gasteiger partial charge in [0.25, 0.3) is 0 Å². The summed E-state index contributed by atoms with van der Waals surface area (Å²) in [6, 6.07) is 4.05. The first kappa shape index (κ1) is 16.6. The Labute approximate surface area is 134 Å². The van der Waals surface area contributed by atoms with Crippen LogP contribution in [0, 0.1) is 11.8 Å². The number of pyridine rings is 1. The molecule has 2 heterocycles. The maximum absolute atomic E-state index is 6.25. The average Bonchev–Trinajstić information content (AvgIpc) is 2.72. The van der Waals surface area contributed by atoms with Gasteiger partial charge in [-0.25, -0.2) is 4.98 Å². The summed E-state index contributed by atoms with van der Waals surface area (Å²) in [4.78, 5) is 7.20. The van der Waals surface area contributed by atoms with Gasteiger partial charge in [0.1, 0.15) is 5.82 Å². The highest BCUT2D eigenvalue weighted by Gasteiger charge is 2.20. The van der Waals surface area contributed by atoms with Crippen molar-refractivity contribution in [2.24, 2.45) is 11.8 Å². The Bertz CT molecular complexity index is 448. The molecule has 118 valence electrons. The van der Waals surface area contributed by atoms with E-state index in [2.05, 4.69) is 37.1 Å². The summed E-state index contributed by atoms with van der Waals surface area (Å²) in [5.41, 5.74) is 0.959. The number of aromatic nitrogens is 1. The maximum Gasteiger partial charge on any atom is 0.128 e. The van der Waals surface area contributed by atoms with Gasteiger partial charge in [-0.1, -0.05) is 32.4 Å². The molecule has 0 radical (unpaired) electrons. The summed E-state index contributed by atoms with van der Waals surface area (Å²) in [6.07, 6.45) is 3.87. The minimum Gasteiger partial charge on any atom is -0.357 e. The Morgan fingerprint density at radius 3 is 2.86 bits per heavy atom. The molecule has 0 saturated carbocycles. The molecule has 1 N–H and O–H groups in total. The van der Waals surface area contributed by atoms with Crippen LogP contribution >= 0.6 is 11.6 Å². The predicted molar refractivity (Wildman–Crippen MR) is 91.0 cm³/mol. The third-order valence-corrected chi connectivity index (χ3v) is 4.83. The van der Waals surface area contributed by atoms with E-state index in [1.807, 2.05) is 6.07 Å². The van der Waals surface area contributed by atoms with Crippen molar-refractivity contribution >= 4 is 17.4 Å². The van der Waals surface area contributed by atoms with E-state index in [1.165, 1.54) is 19.3 Å². The number of nitrogens with zero attached hydrogens (tertiary/aromatic N) is 2. The molecule has 3 nitrogen and oxygen atoms in total. The summed E-state index contributed by atoms with van der Waals surface area (Å²) >= 11 is 6.25. The molecule has 1 unspecified atom stereocenters. The Hall–Kier alpha value is -0.800. The lowest BCUT2D eigenvalue weighted by atomic mass is 9.89. The monoisotopic (exact) mass is 309 g/mol. The van der Waals surface area contributed by atoms with Crippen molar-refractivity contribution in [3.8, 4) is 0 Å². The SMILES string of the molecule is CCNCc1nc(N2CCCC(C(C)C)CC2)ccc1Cl. The van der Waals surface area contributed by atoms with Gasteiger partial charge in [-0.05, 0) is 49.8 Å². The van der Waals surface area contributed by atoms with Gasteiger partial charge < -0.3 is 10.2 Å². The second-order valence-corrected chi connectivity index (χ2v) is 6.71.